The molecule has 1 aromatic heterocycles. The van der Waals surface area contributed by atoms with E-state index in [-0.39, 0.29) is 0 Å². The van der Waals surface area contributed by atoms with Gasteiger partial charge in [0, 0.05) is 31.9 Å². The summed E-state index contributed by atoms with van der Waals surface area (Å²) in [6.07, 6.45) is 15.7. The van der Waals surface area contributed by atoms with Gasteiger partial charge >= 0.3 is 0 Å². The molecule has 0 aliphatic rings. The van der Waals surface area contributed by atoms with Crippen LogP contribution in [0.5, 0.6) is 0 Å². The first-order chi connectivity index (χ1) is 9.77. The second-order valence-electron chi connectivity index (χ2n) is 5.87. The molecule has 0 saturated carbocycles. The molecular weight excluding hydrogens is 246 g/mol. The maximum atomic E-state index is 4.46. The molecule has 1 aromatic rings. The van der Waals surface area contributed by atoms with E-state index in [0.29, 0.717) is 6.04 Å². The van der Waals surface area contributed by atoms with Gasteiger partial charge in [0.15, 0.2) is 0 Å². The van der Waals surface area contributed by atoms with E-state index >= 15 is 0 Å². The number of unbranched alkanes of at least 4 members (excludes halogenated alkanes) is 5. The number of hydrogen-bond acceptors (Lipinski definition) is 2. The minimum Gasteiger partial charge on any atom is -0.338 e. The molecule has 1 unspecified atom stereocenters. The molecule has 3 nitrogen and oxygen atoms in total. The van der Waals surface area contributed by atoms with Gasteiger partial charge < -0.3 is 9.88 Å². The van der Waals surface area contributed by atoms with Crippen LogP contribution < -0.4 is 5.32 Å². The highest BCUT2D eigenvalue weighted by molar-refractivity contribution is 4.94. The molecule has 0 aliphatic carbocycles. The summed E-state index contributed by atoms with van der Waals surface area (Å²) in [7, 11) is 2.09. The molecule has 0 fully saturated rings. The summed E-state index contributed by atoms with van der Waals surface area (Å²) in [4.78, 5) is 4.46. The van der Waals surface area contributed by atoms with Crippen LogP contribution in [0.4, 0.5) is 0 Å². The first-order valence-corrected chi connectivity index (χ1v) is 8.47. The predicted octanol–water partition coefficient (Wildman–Crippen LogP) is 4.08. The van der Waals surface area contributed by atoms with E-state index in [1.165, 1.54) is 57.2 Å². The van der Waals surface area contributed by atoms with Crippen LogP contribution in [0.2, 0.25) is 0 Å². The summed E-state index contributed by atoms with van der Waals surface area (Å²) >= 11 is 0. The van der Waals surface area contributed by atoms with Crippen molar-refractivity contribution in [2.75, 3.05) is 6.54 Å². The molecule has 0 aliphatic heterocycles. The second kappa shape index (κ2) is 10.9. The Balaban J connectivity index is 2.27. The molecule has 0 aromatic carbocycles. The average Bonchev–Trinajstić information content (AvgIpc) is 2.85. The van der Waals surface area contributed by atoms with E-state index in [0.717, 1.165) is 13.0 Å². The van der Waals surface area contributed by atoms with Crippen LogP contribution >= 0.6 is 0 Å². The first-order valence-electron chi connectivity index (χ1n) is 8.47. The highest BCUT2D eigenvalue weighted by atomic mass is 15.0. The van der Waals surface area contributed by atoms with Crippen molar-refractivity contribution < 1.29 is 0 Å². The monoisotopic (exact) mass is 279 g/mol. The van der Waals surface area contributed by atoms with E-state index < -0.39 is 0 Å². The third-order valence-electron chi connectivity index (χ3n) is 3.94. The summed E-state index contributed by atoms with van der Waals surface area (Å²) in [5.74, 6) is 1.20. The zero-order valence-electron chi connectivity index (χ0n) is 13.7. The lowest BCUT2D eigenvalue weighted by Crippen LogP contribution is -2.32. The Morgan fingerprint density at radius 3 is 2.50 bits per heavy atom. The molecule has 20 heavy (non-hydrogen) atoms. The van der Waals surface area contributed by atoms with Crippen molar-refractivity contribution in [1.82, 2.24) is 14.9 Å². The summed E-state index contributed by atoms with van der Waals surface area (Å²) in [5.41, 5.74) is 0. The Morgan fingerprint density at radius 2 is 1.85 bits per heavy atom. The molecule has 116 valence electrons. The van der Waals surface area contributed by atoms with Gasteiger partial charge in [-0.05, 0) is 19.4 Å². The molecule has 1 N–H and O–H groups in total. The topological polar surface area (TPSA) is 29.9 Å². The molecule has 0 spiro atoms. The largest absolute Gasteiger partial charge is 0.338 e. The Bertz CT molecular complexity index is 333. The van der Waals surface area contributed by atoms with Gasteiger partial charge in [-0.1, -0.05) is 52.4 Å². The van der Waals surface area contributed by atoms with Gasteiger partial charge in [-0.2, -0.15) is 0 Å². The molecule has 0 amide bonds. The van der Waals surface area contributed by atoms with Crippen LogP contribution in [0.1, 0.15) is 71.0 Å². The minimum atomic E-state index is 0.585. The number of hydrogen-bond donors (Lipinski definition) is 1. The second-order valence-corrected chi connectivity index (χ2v) is 5.87. The van der Waals surface area contributed by atoms with Gasteiger partial charge in [-0.3, -0.25) is 0 Å². The van der Waals surface area contributed by atoms with Crippen LogP contribution in [-0.4, -0.2) is 22.1 Å². The standard InChI is InChI=1S/C17H33N3/c1-4-6-7-8-9-10-11-16(18-12-5-2)15-17-19-13-14-20(17)3/h13-14,16,18H,4-12,15H2,1-3H3. The van der Waals surface area contributed by atoms with Crippen molar-refractivity contribution >= 4 is 0 Å². The van der Waals surface area contributed by atoms with Crippen molar-refractivity contribution in [3.05, 3.63) is 18.2 Å². The van der Waals surface area contributed by atoms with Gasteiger partial charge in [-0.15, -0.1) is 0 Å². The van der Waals surface area contributed by atoms with E-state index in [2.05, 4.69) is 35.8 Å². The summed E-state index contributed by atoms with van der Waals surface area (Å²) < 4.78 is 2.14. The number of nitrogens with zero attached hydrogens (tertiary/aromatic N) is 2. The third-order valence-corrected chi connectivity index (χ3v) is 3.94. The fraction of sp³-hybridized carbons (Fsp3) is 0.824. The lowest BCUT2D eigenvalue weighted by atomic mass is 10.0. The smallest absolute Gasteiger partial charge is 0.109 e. The molecule has 0 radical (unpaired) electrons. The van der Waals surface area contributed by atoms with Gasteiger partial charge in [0.2, 0.25) is 0 Å². The third kappa shape index (κ3) is 7.09. The fourth-order valence-electron chi connectivity index (χ4n) is 2.61. The van der Waals surface area contributed by atoms with E-state index in [1.54, 1.807) is 0 Å². The molecule has 0 saturated heterocycles. The predicted molar refractivity (Wildman–Crippen MR) is 87.0 cm³/mol. The van der Waals surface area contributed by atoms with Crippen LogP contribution in [0.15, 0.2) is 12.4 Å². The lowest BCUT2D eigenvalue weighted by molar-refractivity contribution is 0.440. The van der Waals surface area contributed by atoms with Crippen LogP contribution in [0.3, 0.4) is 0 Å². The average molecular weight is 279 g/mol. The minimum absolute atomic E-state index is 0.585. The number of aromatic nitrogens is 2. The van der Waals surface area contributed by atoms with Crippen molar-refractivity contribution in [2.45, 2.75) is 77.7 Å². The van der Waals surface area contributed by atoms with E-state index in [4.69, 9.17) is 0 Å². The van der Waals surface area contributed by atoms with Crippen molar-refractivity contribution in [3.63, 3.8) is 0 Å². The maximum Gasteiger partial charge on any atom is 0.109 e. The molecular formula is C17H33N3. The summed E-state index contributed by atoms with van der Waals surface area (Å²) in [6, 6.07) is 0.585. The van der Waals surface area contributed by atoms with Crippen molar-refractivity contribution in [1.29, 1.82) is 0 Å². The maximum absolute atomic E-state index is 4.46. The van der Waals surface area contributed by atoms with Gasteiger partial charge in [-0.25, -0.2) is 4.98 Å². The van der Waals surface area contributed by atoms with Crippen molar-refractivity contribution in [2.24, 2.45) is 7.05 Å². The van der Waals surface area contributed by atoms with Crippen molar-refractivity contribution in [3.8, 4) is 0 Å². The van der Waals surface area contributed by atoms with E-state index in [1.807, 2.05) is 12.4 Å². The number of nitrogens with one attached hydrogen (secondary N) is 1. The summed E-state index contributed by atoms with van der Waals surface area (Å²) in [6.45, 7) is 5.62. The first kappa shape index (κ1) is 17.2. The number of aryl methyl sites for hydroxylation is 1. The molecule has 0 bridgehead atoms. The van der Waals surface area contributed by atoms with Gasteiger partial charge in [0.1, 0.15) is 5.82 Å². The fourth-order valence-corrected chi connectivity index (χ4v) is 2.61. The zero-order valence-corrected chi connectivity index (χ0v) is 13.7. The number of rotatable bonds is 12. The normalized spacial score (nSPS) is 12.8. The molecule has 1 atom stereocenters. The molecule has 1 rings (SSSR count). The van der Waals surface area contributed by atoms with Gasteiger partial charge in [0.25, 0.3) is 0 Å². The summed E-state index contributed by atoms with van der Waals surface area (Å²) in [5, 5.41) is 3.68. The van der Waals surface area contributed by atoms with Crippen LogP contribution in [0, 0.1) is 0 Å². The SMILES string of the molecule is CCCCCCCCC(Cc1nccn1C)NCCC. The zero-order chi connectivity index (χ0) is 14.6. The molecule has 1 heterocycles. The highest BCUT2D eigenvalue weighted by Crippen LogP contribution is 2.11. The Morgan fingerprint density at radius 1 is 1.10 bits per heavy atom. The Kier molecular flexibility index (Phi) is 9.38. The quantitative estimate of drug-likeness (QED) is 0.584. The lowest BCUT2D eigenvalue weighted by Gasteiger charge is -2.18. The van der Waals surface area contributed by atoms with Crippen LogP contribution in [0.25, 0.3) is 0 Å². The Hall–Kier alpha value is -0.830. The van der Waals surface area contributed by atoms with Gasteiger partial charge in [0.05, 0.1) is 0 Å². The molecule has 3 heteroatoms. The number of imidazole rings is 1. The highest BCUT2D eigenvalue weighted by Gasteiger charge is 2.11. The van der Waals surface area contributed by atoms with E-state index in [9.17, 15) is 0 Å². The Labute approximate surface area is 125 Å². The van der Waals surface area contributed by atoms with Crippen LogP contribution in [-0.2, 0) is 13.5 Å².